The first kappa shape index (κ1) is 24.9. The normalized spacial score (nSPS) is 13.4. The average Bonchev–Trinajstić information content (AvgIpc) is 3.22. The molecule has 35 heavy (non-hydrogen) atoms. The topological polar surface area (TPSA) is 125 Å². The van der Waals surface area contributed by atoms with E-state index < -0.39 is 33.7 Å². The van der Waals surface area contributed by atoms with Crippen LogP contribution in [0.1, 0.15) is 15.9 Å². The Hall–Kier alpha value is -3.19. The zero-order valence-electron chi connectivity index (χ0n) is 17.7. The van der Waals surface area contributed by atoms with E-state index in [0.29, 0.717) is 16.2 Å². The number of anilines is 3. The monoisotopic (exact) mass is 556 g/mol. The molecule has 0 saturated carbocycles. The van der Waals surface area contributed by atoms with Crippen molar-refractivity contribution < 1.29 is 27.2 Å². The predicted molar refractivity (Wildman–Crippen MR) is 132 cm³/mol. The van der Waals surface area contributed by atoms with Crippen molar-refractivity contribution in [3.8, 4) is 0 Å². The molecule has 0 spiro atoms. The van der Waals surface area contributed by atoms with Crippen LogP contribution in [0.4, 0.5) is 26.2 Å². The third kappa shape index (κ3) is 4.96. The summed E-state index contributed by atoms with van der Waals surface area (Å²) in [5.41, 5.74) is 0.721. The smallest absolute Gasteiger partial charge is 0.333 e. The average molecular weight is 557 g/mol. The van der Waals surface area contributed by atoms with Gasteiger partial charge in [-0.2, -0.15) is 0 Å². The van der Waals surface area contributed by atoms with E-state index in [4.69, 9.17) is 23.2 Å². The summed E-state index contributed by atoms with van der Waals surface area (Å²) in [6.45, 7) is 0. The number of imide groups is 1. The van der Waals surface area contributed by atoms with Gasteiger partial charge in [0.1, 0.15) is 10.0 Å². The molecule has 14 heteroatoms. The molecule has 3 N–H and O–H groups in total. The number of nitrogens with zero attached hydrogens (tertiary/aromatic N) is 1. The minimum Gasteiger partial charge on any atom is -0.387 e. The highest BCUT2D eigenvalue weighted by molar-refractivity contribution is 7.92. The number of amides is 4. The Labute approximate surface area is 212 Å². The Morgan fingerprint density at radius 1 is 1.11 bits per heavy atom. The molecule has 0 aliphatic carbocycles. The number of carbonyl (C=O) groups is 3. The molecule has 2 heterocycles. The number of hydrogen-bond acceptors (Lipinski definition) is 7. The van der Waals surface area contributed by atoms with E-state index in [0.717, 1.165) is 23.5 Å². The van der Waals surface area contributed by atoms with Crippen LogP contribution in [0.5, 0.6) is 0 Å². The van der Waals surface area contributed by atoms with Crippen molar-refractivity contribution in [2.24, 2.45) is 0 Å². The first-order chi connectivity index (χ1) is 16.5. The molecule has 4 amide bonds. The summed E-state index contributed by atoms with van der Waals surface area (Å²) in [7, 11) is -2.54. The minimum atomic E-state index is -4.18. The molecule has 0 atom stereocenters. The number of rotatable bonds is 5. The molecule has 1 aliphatic rings. The number of carbonyl (C=O) groups excluding carboxylic acids is 3. The first-order valence-electron chi connectivity index (χ1n) is 9.76. The van der Waals surface area contributed by atoms with Gasteiger partial charge in [0.2, 0.25) is 5.91 Å². The van der Waals surface area contributed by atoms with E-state index in [1.165, 1.54) is 24.3 Å². The highest BCUT2D eigenvalue weighted by Gasteiger charge is 2.34. The van der Waals surface area contributed by atoms with Gasteiger partial charge in [0, 0.05) is 18.3 Å². The summed E-state index contributed by atoms with van der Waals surface area (Å²) >= 11 is 12.6. The molecular weight excluding hydrogens is 542 g/mol. The Balaban J connectivity index is 1.54. The van der Waals surface area contributed by atoms with Crippen molar-refractivity contribution in [1.29, 1.82) is 0 Å². The second-order valence-corrected chi connectivity index (χ2v) is 11.3. The lowest BCUT2D eigenvalue weighted by molar-refractivity contribution is -0.117. The van der Waals surface area contributed by atoms with E-state index in [1.54, 1.807) is 17.8 Å². The fourth-order valence-electron chi connectivity index (χ4n) is 3.41. The third-order valence-electron chi connectivity index (χ3n) is 4.97. The second-order valence-electron chi connectivity index (χ2n) is 7.23. The zero-order valence-corrected chi connectivity index (χ0v) is 20.8. The van der Waals surface area contributed by atoms with E-state index in [2.05, 4.69) is 10.6 Å². The second kappa shape index (κ2) is 9.46. The molecule has 182 valence electrons. The van der Waals surface area contributed by atoms with Gasteiger partial charge in [-0.1, -0.05) is 23.2 Å². The number of urea groups is 1. The number of benzene rings is 2. The minimum absolute atomic E-state index is 0.109. The van der Waals surface area contributed by atoms with Crippen LogP contribution in [0.15, 0.2) is 46.7 Å². The van der Waals surface area contributed by atoms with Gasteiger partial charge in [-0.3, -0.25) is 9.59 Å². The van der Waals surface area contributed by atoms with E-state index in [1.807, 2.05) is 0 Å². The number of nitrogens with one attached hydrogen (secondary N) is 3. The van der Waals surface area contributed by atoms with Crippen molar-refractivity contribution in [3.63, 3.8) is 0 Å². The van der Waals surface area contributed by atoms with Gasteiger partial charge in [0.25, 0.3) is 15.9 Å². The van der Waals surface area contributed by atoms with Crippen LogP contribution in [0.25, 0.3) is 0 Å². The number of sulfonamides is 1. The van der Waals surface area contributed by atoms with Crippen molar-refractivity contribution >= 4 is 79.5 Å². The Morgan fingerprint density at radius 2 is 1.86 bits per heavy atom. The van der Waals surface area contributed by atoms with Crippen molar-refractivity contribution in [2.45, 2.75) is 10.6 Å². The van der Waals surface area contributed by atoms with Crippen LogP contribution in [0.3, 0.4) is 0 Å². The number of thiophene rings is 1. The molecule has 4 rings (SSSR count). The van der Waals surface area contributed by atoms with Gasteiger partial charge in [0.15, 0.2) is 0 Å². The van der Waals surface area contributed by atoms with Crippen LogP contribution in [-0.4, -0.2) is 33.3 Å². The zero-order chi connectivity index (χ0) is 25.5. The number of halogens is 3. The molecule has 3 aromatic rings. The lowest BCUT2D eigenvalue weighted by atomic mass is 9.97. The maximum Gasteiger partial charge on any atom is 0.333 e. The lowest BCUT2D eigenvalue weighted by Gasteiger charge is -2.28. The molecule has 1 aromatic heterocycles. The summed E-state index contributed by atoms with van der Waals surface area (Å²) in [5.74, 6) is -2.39. The summed E-state index contributed by atoms with van der Waals surface area (Å²) < 4.78 is 41.2. The predicted octanol–water partition coefficient (Wildman–Crippen LogP) is 4.48. The SMILES string of the molecule is CNc1cc2c(cc1Cl)C(=O)N(c1ccc(NC(=O)NS(=O)(=O)c3ccc(Cl)s3)cc1F)C(=O)C2. The molecule has 2 aromatic carbocycles. The highest BCUT2D eigenvalue weighted by atomic mass is 35.5. The maximum absolute atomic E-state index is 14.9. The van der Waals surface area contributed by atoms with Gasteiger partial charge >= 0.3 is 6.03 Å². The van der Waals surface area contributed by atoms with Crippen LogP contribution in [0.2, 0.25) is 9.36 Å². The van der Waals surface area contributed by atoms with Gasteiger partial charge in [-0.25, -0.2) is 27.2 Å². The quantitative estimate of drug-likeness (QED) is 0.398. The highest BCUT2D eigenvalue weighted by Crippen LogP contribution is 2.33. The van der Waals surface area contributed by atoms with Crippen LogP contribution >= 0.6 is 34.5 Å². The molecule has 0 saturated heterocycles. The molecular formula is C21H15Cl2FN4O5S2. The van der Waals surface area contributed by atoms with E-state index in [-0.39, 0.29) is 36.9 Å². The van der Waals surface area contributed by atoms with Crippen LogP contribution in [-0.2, 0) is 21.2 Å². The maximum atomic E-state index is 14.9. The van der Waals surface area contributed by atoms with Gasteiger partial charge in [0.05, 0.1) is 27.2 Å². The number of fused-ring (bicyclic) bond motifs is 1. The van der Waals surface area contributed by atoms with Gasteiger partial charge in [-0.15, -0.1) is 11.3 Å². The van der Waals surface area contributed by atoms with E-state index in [9.17, 15) is 27.2 Å². The molecule has 0 bridgehead atoms. The van der Waals surface area contributed by atoms with Crippen molar-refractivity contribution in [1.82, 2.24) is 4.72 Å². The standard InChI is InChI=1S/C21H15Cl2FN4O5S2/c1-25-15-6-10-7-18(29)28(20(30)12(10)9-13(15)22)16-3-2-11(8-14(16)24)26-21(31)27-35(32,33)19-5-4-17(23)34-19/h2-6,8-9,25H,7H2,1H3,(H2,26,27,31). The van der Waals surface area contributed by atoms with Crippen LogP contribution < -0.4 is 20.3 Å². The molecule has 9 nitrogen and oxygen atoms in total. The molecule has 0 unspecified atom stereocenters. The molecule has 1 aliphatic heterocycles. The molecule has 0 radical (unpaired) electrons. The van der Waals surface area contributed by atoms with Crippen molar-refractivity contribution in [3.05, 3.63) is 68.8 Å². The van der Waals surface area contributed by atoms with E-state index >= 15 is 0 Å². The largest absolute Gasteiger partial charge is 0.387 e. The number of hydrogen-bond donors (Lipinski definition) is 3. The summed E-state index contributed by atoms with van der Waals surface area (Å²) in [5, 5.41) is 5.32. The third-order valence-corrected chi connectivity index (χ3v) is 8.34. The summed E-state index contributed by atoms with van der Waals surface area (Å²) in [4.78, 5) is 38.5. The van der Waals surface area contributed by atoms with Gasteiger partial charge in [-0.05, 0) is 48.0 Å². The van der Waals surface area contributed by atoms with Crippen molar-refractivity contribution in [2.75, 3.05) is 22.6 Å². The Kier molecular flexibility index (Phi) is 6.73. The first-order valence-corrected chi connectivity index (χ1v) is 12.8. The fraction of sp³-hybridized carbons (Fsp3) is 0.0952. The lowest BCUT2D eigenvalue weighted by Crippen LogP contribution is -2.43. The molecule has 0 fully saturated rings. The van der Waals surface area contributed by atoms with Crippen LogP contribution in [0, 0.1) is 5.82 Å². The summed E-state index contributed by atoms with van der Waals surface area (Å²) in [6.07, 6.45) is -0.153. The summed E-state index contributed by atoms with van der Waals surface area (Å²) in [6, 6.07) is 7.65. The Bertz CT molecular complexity index is 1490. The Morgan fingerprint density at radius 3 is 2.49 bits per heavy atom. The van der Waals surface area contributed by atoms with Gasteiger partial charge < -0.3 is 10.6 Å². The fourth-order valence-corrected chi connectivity index (χ4v) is 6.06.